The lowest BCUT2D eigenvalue weighted by molar-refractivity contribution is 0.0818. The van der Waals surface area contributed by atoms with Gasteiger partial charge >= 0.3 is 0 Å². The molecular weight excluding hydrogens is 296 g/mol. The molecule has 1 aliphatic carbocycles. The van der Waals surface area contributed by atoms with E-state index in [0.717, 1.165) is 29.1 Å². The molecular formula is C16H22N4OS. The van der Waals surface area contributed by atoms with Gasteiger partial charge in [-0.25, -0.2) is 4.98 Å². The normalized spacial score (nSPS) is 26.2. The minimum absolute atomic E-state index is 0.0732. The van der Waals surface area contributed by atoms with Crippen LogP contribution in [0.5, 0.6) is 0 Å². The van der Waals surface area contributed by atoms with E-state index in [1.807, 2.05) is 6.92 Å². The Bertz CT molecular complexity index is 737. The van der Waals surface area contributed by atoms with Gasteiger partial charge in [-0.2, -0.15) is 9.61 Å². The van der Waals surface area contributed by atoms with Crippen molar-refractivity contribution in [2.45, 2.75) is 45.6 Å². The first-order valence-electron chi connectivity index (χ1n) is 8.28. The van der Waals surface area contributed by atoms with Gasteiger partial charge in [-0.1, -0.05) is 30.6 Å². The summed E-state index contributed by atoms with van der Waals surface area (Å²) in [4.78, 5) is 19.6. The van der Waals surface area contributed by atoms with Crippen LogP contribution in [0.1, 0.15) is 42.8 Å². The summed E-state index contributed by atoms with van der Waals surface area (Å²) in [5.74, 6) is 1.83. The Morgan fingerprint density at radius 2 is 2.09 bits per heavy atom. The first-order chi connectivity index (χ1) is 10.7. The SMILES string of the molecule is Cc1cc(=O)n2nc(CN3CCC4CCCCC4C3)sc2n1. The van der Waals surface area contributed by atoms with Crippen molar-refractivity contribution < 1.29 is 0 Å². The molecule has 0 aromatic carbocycles. The van der Waals surface area contributed by atoms with Crippen LogP contribution in [0, 0.1) is 18.8 Å². The van der Waals surface area contributed by atoms with Crippen LogP contribution in [0.3, 0.4) is 0 Å². The van der Waals surface area contributed by atoms with E-state index in [2.05, 4.69) is 15.0 Å². The summed E-state index contributed by atoms with van der Waals surface area (Å²) in [6.45, 7) is 5.07. The monoisotopic (exact) mass is 318 g/mol. The molecule has 1 saturated carbocycles. The average Bonchev–Trinajstić information content (AvgIpc) is 2.90. The molecule has 2 fully saturated rings. The summed E-state index contributed by atoms with van der Waals surface area (Å²) in [6, 6.07) is 1.55. The van der Waals surface area contributed by atoms with E-state index in [0.29, 0.717) is 4.96 Å². The van der Waals surface area contributed by atoms with Gasteiger partial charge in [0.15, 0.2) is 0 Å². The van der Waals surface area contributed by atoms with Gasteiger partial charge < -0.3 is 0 Å². The number of hydrogen-bond donors (Lipinski definition) is 0. The fraction of sp³-hybridized carbons (Fsp3) is 0.688. The van der Waals surface area contributed by atoms with Gasteiger partial charge in [0.05, 0.1) is 6.54 Å². The van der Waals surface area contributed by atoms with Crippen LogP contribution in [0.25, 0.3) is 4.96 Å². The number of rotatable bonds is 2. The van der Waals surface area contributed by atoms with Gasteiger partial charge in [0.1, 0.15) is 5.01 Å². The maximum atomic E-state index is 11.9. The van der Waals surface area contributed by atoms with Gasteiger partial charge in [-0.05, 0) is 38.1 Å². The largest absolute Gasteiger partial charge is 0.296 e. The highest BCUT2D eigenvalue weighted by molar-refractivity contribution is 7.16. The van der Waals surface area contributed by atoms with Crippen molar-refractivity contribution in [2.24, 2.45) is 11.8 Å². The summed E-state index contributed by atoms with van der Waals surface area (Å²) in [5, 5.41) is 5.47. The molecule has 0 N–H and O–H groups in total. The number of hydrogen-bond acceptors (Lipinski definition) is 5. The lowest BCUT2D eigenvalue weighted by Crippen LogP contribution is -2.41. The number of aromatic nitrogens is 3. The van der Waals surface area contributed by atoms with Gasteiger partial charge in [0.2, 0.25) is 4.96 Å². The van der Waals surface area contributed by atoms with Crippen molar-refractivity contribution >= 4 is 16.3 Å². The zero-order valence-corrected chi connectivity index (χ0v) is 13.8. The van der Waals surface area contributed by atoms with E-state index in [9.17, 15) is 4.79 Å². The first-order valence-corrected chi connectivity index (χ1v) is 9.09. The predicted molar refractivity (Wildman–Crippen MR) is 87.2 cm³/mol. The van der Waals surface area contributed by atoms with Crippen molar-refractivity contribution in [3.63, 3.8) is 0 Å². The second kappa shape index (κ2) is 5.74. The van der Waals surface area contributed by atoms with Crippen LogP contribution in [-0.2, 0) is 6.54 Å². The molecule has 6 heteroatoms. The Kier molecular flexibility index (Phi) is 3.74. The quantitative estimate of drug-likeness (QED) is 0.853. The van der Waals surface area contributed by atoms with E-state index in [1.165, 1.54) is 49.7 Å². The fourth-order valence-corrected chi connectivity index (χ4v) is 5.02. The zero-order chi connectivity index (χ0) is 15.1. The number of piperidine rings is 1. The Morgan fingerprint density at radius 3 is 2.95 bits per heavy atom. The van der Waals surface area contributed by atoms with Gasteiger partial charge in [0.25, 0.3) is 5.56 Å². The topological polar surface area (TPSA) is 50.5 Å². The second-order valence-electron chi connectivity index (χ2n) is 6.75. The Balaban J connectivity index is 1.51. The molecule has 0 amide bonds. The van der Waals surface area contributed by atoms with Crippen LogP contribution in [0.4, 0.5) is 0 Å². The molecule has 2 atom stereocenters. The van der Waals surface area contributed by atoms with Crippen molar-refractivity contribution in [2.75, 3.05) is 13.1 Å². The van der Waals surface area contributed by atoms with E-state index in [4.69, 9.17) is 0 Å². The van der Waals surface area contributed by atoms with Gasteiger partial charge in [-0.3, -0.25) is 9.69 Å². The van der Waals surface area contributed by atoms with Crippen molar-refractivity contribution in [1.29, 1.82) is 0 Å². The molecule has 4 rings (SSSR count). The van der Waals surface area contributed by atoms with Crippen LogP contribution < -0.4 is 5.56 Å². The molecule has 1 saturated heterocycles. The standard InChI is InChI=1S/C16H22N4OS/c1-11-8-15(21)20-16(17-11)22-14(18-20)10-19-7-6-12-4-2-3-5-13(12)9-19/h8,12-13H,2-7,9-10H2,1H3. The maximum Gasteiger partial charge on any atom is 0.275 e. The predicted octanol–water partition coefficient (Wildman–Crippen LogP) is 2.47. The molecule has 2 aromatic heterocycles. The van der Waals surface area contributed by atoms with Crippen molar-refractivity contribution in [1.82, 2.24) is 19.5 Å². The summed E-state index contributed by atoms with van der Waals surface area (Å²) in [7, 11) is 0. The fourth-order valence-electron chi connectivity index (χ4n) is 4.04. The summed E-state index contributed by atoms with van der Waals surface area (Å²) >= 11 is 1.55. The molecule has 2 aromatic rings. The van der Waals surface area contributed by atoms with Gasteiger partial charge in [-0.15, -0.1) is 0 Å². The van der Waals surface area contributed by atoms with Crippen molar-refractivity contribution in [3.05, 3.63) is 27.1 Å². The summed E-state index contributed by atoms with van der Waals surface area (Å²) in [6.07, 6.45) is 6.97. The highest BCUT2D eigenvalue weighted by Crippen LogP contribution is 2.36. The van der Waals surface area contributed by atoms with Crippen molar-refractivity contribution in [3.8, 4) is 0 Å². The minimum atomic E-state index is -0.0732. The summed E-state index contributed by atoms with van der Waals surface area (Å²) < 4.78 is 1.44. The third-order valence-corrected chi connectivity index (χ3v) is 6.04. The van der Waals surface area contributed by atoms with E-state index in [-0.39, 0.29) is 5.56 Å². The molecule has 22 heavy (non-hydrogen) atoms. The second-order valence-corrected chi connectivity index (χ2v) is 7.79. The molecule has 0 bridgehead atoms. The lowest BCUT2D eigenvalue weighted by Gasteiger charge is -2.41. The third kappa shape index (κ3) is 2.70. The molecule has 3 heterocycles. The van der Waals surface area contributed by atoms with E-state index in [1.54, 1.807) is 17.4 Å². The number of fused-ring (bicyclic) bond motifs is 2. The third-order valence-electron chi connectivity index (χ3n) is 5.15. The maximum absolute atomic E-state index is 11.9. The molecule has 118 valence electrons. The van der Waals surface area contributed by atoms with Crippen LogP contribution >= 0.6 is 11.3 Å². The Hall–Kier alpha value is -1.27. The number of likely N-dealkylation sites (tertiary alicyclic amines) is 1. The Morgan fingerprint density at radius 1 is 1.27 bits per heavy atom. The van der Waals surface area contributed by atoms with Crippen LogP contribution in [0.15, 0.2) is 10.9 Å². The highest BCUT2D eigenvalue weighted by atomic mass is 32.1. The first kappa shape index (κ1) is 14.3. The molecule has 5 nitrogen and oxygen atoms in total. The van der Waals surface area contributed by atoms with Crippen LogP contribution in [-0.4, -0.2) is 32.6 Å². The summed E-state index contributed by atoms with van der Waals surface area (Å²) in [5.41, 5.74) is 0.694. The van der Waals surface area contributed by atoms with E-state index >= 15 is 0 Å². The molecule has 1 aliphatic heterocycles. The van der Waals surface area contributed by atoms with Crippen LogP contribution in [0.2, 0.25) is 0 Å². The molecule has 2 aliphatic rings. The number of aryl methyl sites for hydroxylation is 1. The smallest absolute Gasteiger partial charge is 0.275 e. The molecule has 0 radical (unpaired) electrons. The average molecular weight is 318 g/mol. The Labute approximate surface area is 134 Å². The molecule has 0 spiro atoms. The number of nitrogens with zero attached hydrogens (tertiary/aromatic N) is 4. The lowest BCUT2D eigenvalue weighted by atomic mass is 9.75. The minimum Gasteiger partial charge on any atom is -0.296 e. The zero-order valence-electron chi connectivity index (χ0n) is 13.0. The molecule has 2 unspecified atom stereocenters. The highest BCUT2D eigenvalue weighted by Gasteiger charge is 2.31. The van der Waals surface area contributed by atoms with Gasteiger partial charge in [0, 0.05) is 18.3 Å². The van der Waals surface area contributed by atoms with E-state index < -0.39 is 0 Å².